The summed E-state index contributed by atoms with van der Waals surface area (Å²) in [6.07, 6.45) is 4.21. The fraction of sp³-hybridized carbons (Fsp3) is 1.00. The van der Waals surface area contributed by atoms with Crippen molar-refractivity contribution >= 4 is 0 Å². The summed E-state index contributed by atoms with van der Waals surface area (Å²) in [5.74, 6) is 0.968. The average molecular weight is 168 g/mol. The first-order chi connectivity index (χ1) is 5.84. The molecule has 0 aromatic rings. The molecule has 2 heterocycles. The molecule has 2 fully saturated rings. The third-order valence-electron chi connectivity index (χ3n) is 3.28. The van der Waals surface area contributed by atoms with Gasteiger partial charge >= 0.3 is 0 Å². The van der Waals surface area contributed by atoms with Gasteiger partial charge in [0.1, 0.15) is 0 Å². The molecule has 1 atom stereocenters. The van der Waals surface area contributed by atoms with Gasteiger partial charge in [-0.25, -0.2) is 0 Å². The van der Waals surface area contributed by atoms with Crippen molar-refractivity contribution in [1.82, 2.24) is 10.2 Å². The van der Waals surface area contributed by atoms with Crippen LogP contribution < -0.4 is 5.32 Å². The van der Waals surface area contributed by atoms with Crippen LogP contribution in [0.15, 0.2) is 0 Å². The van der Waals surface area contributed by atoms with Crippen LogP contribution in [-0.4, -0.2) is 37.1 Å². The van der Waals surface area contributed by atoms with Gasteiger partial charge in [-0.1, -0.05) is 6.92 Å². The van der Waals surface area contributed by atoms with E-state index in [0.717, 1.165) is 12.0 Å². The summed E-state index contributed by atoms with van der Waals surface area (Å²) in [7, 11) is 0. The lowest BCUT2D eigenvalue weighted by Crippen LogP contribution is -2.51. The second-order valence-electron chi connectivity index (χ2n) is 4.42. The average Bonchev–Trinajstić information content (AvgIpc) is 2.00. The van der Waals surface area contributed by atoms with Gasteiger partial charge in [-0.05, 0) is 44.8 Å². The van der Waals surface area contributed by atoms with Crippen LogP contribution in [0, 0.1) is 5.92 Å². The second-order valence-corrected chi connectivity index (χ2v) is 4.42. The van der Waals surface area contributed by atoms with E-state index in [1.165, 1.54) is 45.4 Å². The summed E-state index contributed by atoms with van der Waals surface area (Å²) in [4.78, 5) is 2.62. The maximum absolute atomic E-state index is 3.46. The van der Waals surface area contributed by atoms with Gasteiger partial charge in [0.05, 0.1) is 0 Å². The van der Waals surface area contributed by atoms with E-state index in [-0.39, 0.29) is 0 Å². The molecule has 2 saturated heterocycles. The van der Waals surface area contributed by atoms with Crippen LogP contribution in [0.1, 0.15) is 26.2 Å². The van der Waals surface area contributed by atoms with Crippen molar-refractivity contribution < 1.29 is 0 Å². The molecule has 0 amide bonds. The molecule has 0 aromatic carbocycles. The van der Waals surface area contributed by atoms with E-state index in [4.69, 9.17) is 0 Å². The zero-order valence-electron chi connectivity index (χ0n) is 8.05. The van der Waals surface area contributed by atoms with Gasteiger partial charge in [-0.3, -0.25) is 0 Å². The predicted molar refractivity (Wildman–Crippen MR) is 51.2 cm³/mol. The summed E-state index contributed by atoms with van der Waals surface area (Å²) in [5.41, 5.74) is 0. The Morgan fingerprint density at radius 3 is 2.42 bits per heavy atom. The van der Waals surface area contributed by atoms with Gasteiger partial charge in [0.25, 0.3) is 0 Å². The standard InChI is InChI=1S/C10H20N2/c1-9-3-6-12(7-4-9)8-10-2-5-11-10/h9-11H,2-8H2,1H3. The van der Waals surface area contributed by atoms with Gasteiger partial charge in [0.15, 0.2) is 0 Å². The highest BCUT2D eigenvalue weighted by Gasteiger charge is 2.22. The van der Waals surface area contributed by atoms with Crippen molar-refractivity contribution in [2.45, 2.75) is 32.2 Å². The highest BCUT2D eigenvalue weighted by Crippen LogP contribution is 2.17. The molecule has 2 heteroatoms. The summed E-state index contributed by atoms with van der Waals surface area (Å²) >= 11 is 0. The normalized spacial score (nSPS) is 33.2. The summed E-state index contributed by atoms with van der Waals surface area (Å²) in [5, 5.41) is 3.46. The SMILES string of the molecule is CC1CCN(CC2CCN2)CC1. The highest BCUT2D eigenvalue weighted by atomic mass is 15.2. The Morgan fingerprint density at radius 2 is 1.92 bits per heavy atom. The molecule has 2 aliphatic rings. The maximum Gasteiger partial charge on any atom is 0.0207 e. The van der Waals surface area contributed by atoms with Gasteiger partial charge in [-0.2, -0.15) is 0 Å². The van der Waals surface area contributed by atoms with Gasteiger partial charge < -0.3 is 10.2 Å². The molecule has 0 spiro atoms. The van der Waals surface area contributed by atoms with Gasteiger partial charge in [0, 0.05) is 12.6 Å². The molecule has 0 bridgehead atoms. The van der Waals surface area contributed by atoms with Crippen LogP contribution in [0.4, 0.5) is 0 Å². The van der Waals surface area contributed by atoms with Crippen LogP contribution >= 0.6 is 0 Å². The largest absolute Gasteiger partial charge is 0.313 e. The van der Waals surface area contributed by atoms with Crippen molar-refractivity contribution in [3.05, 3.63) is 0 Å². The molecule has 12 heavy (non-hydrogen) atoms. The fourth-order valence-electron chi connectivity index (χ4n) is 2.06. The van der Waals surface area contributed by atoms with E-state index in [2.05, 4.69) is 17.1 Å². The molecule has 1 N–H and O–H groups in total. The van der Waals surface area contributed by atoms with E-state index < -0.39 is 0 Å². The Bertz CT molecular complexity index is 135. The first kappa shape index (κ1) is 8.52. The summed E-state index contributed by atoms with van der Waals surface area (Å²) in [6, 6.07) is 0.818. The molecule has 2 rings (SSSR count). The van der Waals surface area contributed by atoms with E-state index in [0.29, 0.717) is 0 Å². The van der Waals surface area contributed by atoms with Crippen LogP contribution in [0.2, 0.25) is 0 Å². The molecule has 2 aliphatic heterocycles. The minimum absolute atomic E-state index is 0.818. The summed E-state index contributed by atoms with van der Waals surface area (Å²) in [6.45, 7) is 7.58. The molecule has 2 nitrogen and oxygen atoms in total. The zero-order chi connectivity index (χ0) is 8.39. The Hall–Kier alpha value is -0.0800. The third kappa shape index (κ3) is 1.99. The minimum Gasteiger partial charge on any atom is -0.313 e. The van der Waals surface area contributed by atoms with Crippen LogP contribution in [0.25, 0.3) is 0 Å². The van der Waals surface area contributed by atoms with Crippen LogP contribution in [0.3, 0.4) is 0 Å². The molecule has 1 unspecified atom stereocenters. The predicted octanol–water partition coefficient (Wildman–Crippen LogP) is 1.08. The second kappa shape index (κ2) is 3.75. The Balaban J connectivity index is 1.67. The third-order valence-corrected chi connectivity index (χ3v) is 3.28. The minimum atomic E-state index is 0.818. The number of rotatable bonds is 2. The molecule has 0 radical (unpaired) electrons. The number of piperidine rings is 1. The van der Waals surface area contributed by atoms with E-state index in [9.17, 15) is 0 Å². The van der Waals surface area contributed by atoms with Crippen molar-refractivity contribution in [2.75, 3.05) is 26.2 Å². The number of hydrogen-bond donors (Lipinski definition) is 1. The zero-order valence-corrected chi connectivity index (χ0v) is 8.05. The topological polar surface area (TPSA) is 15.3 Å². The molecular weight excluding hydrogens is 148 g/mol. The Kier molecular flexibility index (Phi) is 2.66. The molecular formula is C10H20N2. The number of nitrogens with zero attached hydrogens (tertiary/aromatic N) is 1. The molecule has 0 saturated carbocycles. The monoisotopic (exact) mass is 168 g/mol. The van der Waals surface area contributed by atoms with Crippen LogP contribution in [0.5, 0.6) is 0 Å². The van der Waals surface area contributed by atoms with E-state index in [1.807, 2.05) is 0 Å². The molecule has 0 aromatic heterocycles. The smallest absolute Gasteiger partial charge is 0.0207 e. The van der Waals surface area contributed by atoms with Gasteiger partial charge in [-0.15, -0.1) is 0 Å². The highest BCUT2D eigenvalue weighted by molar-refractivity contribution is 4.82. The lowest BCUT2D eigenvalue weighted by Gasteiger charge is -2.36. The van der Waals surface area contributed by atoms with Crippen molar-refractivity contribution in [1.29, 1.82) is 0 Å². The number of nitrogens with one attached hydrogen (secondary N) is 1. The first-order valence-electron chi connectivity index (χ1n) is 5.30. The van der Waals surface area contributed by atoms with Gasteiger partial charge in [0.2, 0.25) is 0 Å². The number of likely N-dealkylation sites (tertiary alicyclic amines) is 1. The first-order valence-corrected chi connectivity index (χ1v) is 5.30. The lowest BCUT2D eigenvalue weighted by molar-refractivity contribution is 0.156. The Labute approximate surface area is 75.3 Å². The fourth-order valence-corrected chi connectivity index (χ4v) is 2.06. The van der Waals surface area contributed by atoms with Crippen molar-refractivity contribution in [2.24, 2.45) is 5.92 Å². The maximum atomic E-state index is 3.46. The van der Waals surface area contributed by atoms with Crippen molar-refractivity contribution in [3.63, 3.8) is 0 Å². The van der Waals surface area contributed by atoms with Crippen molar-refractivity contribution in [3.8, 4) is 0 Å². The number of hydrogen-bond acceptors (Lipinski definition) is 2. The molecule has 70 valence electrons. The van der Waals surface area contributed by atoms with E-state index >= 15 is 0 Å². The lowest BCUT2D eigenvalue weighted by atomic mass is 9.98. The molecule has 0 aliphatic carbocycles. The Morgan fingerprint density at radius 1 is 1.25 bits per heavy atom. The van der Waals surface area contributed by atoms with Crippen LogP contribution in [-0.2, 0) is 0 Å². The van der Waals surface area contributed by atoms with E-state index in [1.54, 1.807) is 0 Å². The summed E-state index contributed by atoms with van der Waals surface area (Å²) < 4.78 is 0. The quantitative estimate of drug-likeness (QED) is 0.664.